The standard InChI is InChI=1S/C14H12BrNO2/c1-8-5-6-11(17-8)13(16)12-7-9-3-2-4-10(15)14(9)18-12/h2-7,13H,16H2,1H3. The van der Waals surface area contributed by atoms with Gasteiger partial charge in [0.05, 0.1) is 4.47 Å². The maximum absolute atomic E-state index is 6.14. The summed E-state index contributed by atoms with van der Waals surface area (Å²) in [6, 6.07) is 11.2. The number of hydrogen-bond donors (Lipinski definition) is 1. The summed E-state index contributed by atoms with van der Waals surface area (Å²) in [5.41, 5.74) is 6.95. The summed E-state index contributed by atoms with van der Waals surface area (Å²) < 4.78 is 12.2. The fourth-order valence-electron chi connectivity index (χ4n) is 1.96. The molecule has 3 rings (SSSR count). The van der Waals surface area contributed by atoms with Gasteiger partial charge in [0.2, 0.25) is 0 Å². The number of benzene rings is 1. The van der Waals surface area contributed by atoms with Crippen molar-refractivity contribution in [3.05, 3.63) is 58.2 Å². The van der Waals surface area contributed by atoms with Crippen molar-refractivity contribution in [1.29, 1.82) is 0 Å². The quantitative estimate of drug-likeness (QED) is 0.774. The van der Waals surface area contributed by atoms with Crippen LogP contribution in [-0.2, 0) is 0 Å². The zero-order chi connectivity index (χ0) is 12.7. The maximum atomic E-state index is 6.14. The summed E-state index contributed by atoms with van der Waals surface area (Å²) in [5, 5.41) is 1.03. The van der Waals surface area contributed by atoms with E-state index in [9.17, 15) is 0 Å². The Kier molecular flexibility index (Phi) is 2.76. The first-order valence-corrected chi connectivity index (χ1v) is 6.44. The van der Waals surface area contributed by atoms with E-state index < -0.39 is 0 Å². The number of hydrogen-bond acceptors (Lipinski definition) is 3. The van der Waals surface area contributed by atoms with Gasteiger partial charge in [0.15, 0.2) is 0 Å². The second-order valence-corrected chi connectivity index (χ2v) is 5.09. The molecule has 1 aromatic carbocycles. The van der Waals surface area contributed by atoms with Crippen LogP contribution in [0.3, 0.4) is 0 Å². The summed E-state index contributed by atoms with van der Waals surface area (Å²) in [5.74, 6) is 2.26. The summed E-state index contributed by atoms with van der Waals surface area (Å²) in [4.78, 5) is 0. The molecule has 0 spiro atoms. The molecule has 2 aromatic heterocycles. The molecule has 0 aliphatic rings. The van der Waals surface area contributed by atoms with Gasteiger partial charge in [-0.1, -0.05) is 12.1 Å². The van der Waals surface area contributed by atoms with Crippen molar-refractivity contribution >= 4 is 26.9 Å². The van der Waals surface area contributed by atoms with Gasteiger partial charge in [0, 0.05) is 5.39 Å². The predicted molar refractivity (Wildman–Crippen MR) is 73.4 cm³/mol. The van der Waals surface area contributed by atoms with E-state index in [1.165, 1.54) is 0 Å². The fraction of sp³-hybridized carbons (Fsp3) is 0.143. The number of halogens is 1. The molecule has 4 heteroatoms. The van der Waals surface area contributed by atoms with Crippen molar-refractivity contribution in [1.82, 2.24) is 0 Å². The van der Waals surface area contributed by atoms with Gasteiger partial charge in [0.25, 0.3) is 0 Å². The van der Waals surface area contributed by atoms with E-state index in [1.807, 2.05) is 43.3 Å². The monoisotopic (exact) mass is 305 g/mol. The van der Waals surface area contributed by atoms with E-state index in [0.717, 1.165) is 21.2 Å². The number of furan rings is 2. The molecule has 0 fully saturated rings. The molecule has 3 nitrogen and oxygen atoms in total. The topological polar surface area (TPSA) is 52.3 Å². The van der Waals surface area contributed by atoms with E-state index >= 15 is 0 Å². The van der Waals surface area contributed by atoms with E-state index in [1.54, 1.807) is 0 Å². The van der Waals surface area contributed by atoms with Gasteiger partial charge in [0.1, 0.15) is 28.9 Å². The van der Waals surface area contributed by atoms with Gasteiger partial charge >= 0.3 is 0 Å². The number of nitrogens with two attached hydrogens (primary N) is 1. The zero-order valence-corrected chi connectivity index (χ0v) is 11.4. The molecule has 2 heterocycles. The molecular weight excluding hydrogens is 294 g/mol. The first-order chi connectivity index (χ1) is 8.65. The molecule has 0 amide bonds. The van der Waals surface area contributed by atoms with E-state index in [2.05, 4.69) is 15.9 Å². The first kappa shape index (κ1) is 11.6. The van der Waals surface area contributed by atoms with Crippen molar-refractivity contribution in [3.8, 4) is 0 Å². The maximum Gasteiger partial charge on any atom is 0.148 e. The molecule has 0 aliphatic carbocycles. The predicted octanol–water partition coefficient (Wildman–Crippen LogP) is 4.14. The van der Waals surface area contributed by atoms with Crippen LogP contribution in [0.5, 0.6) is 0 Å². The van der Waals surface area contributed by atoms with Crippen molar-refractivity contribution < 1.29 is 8.83 Å². The van der Waals surface area contributed by atoms with Crippen LogP contribution in [0, 0.1) is 6.92 Å². The van der Waals surface area contributed by atoms with Gasteiger partial charge in [-0.05, 0) is 47.1 Å². The zero-order valence-electron chi connectivity index (χ0n) is 9.81. The van der Waals surface area contributed by atoms with Crippen LogP contribution >= 0.6 is 15.9 Å². The van der Waals surface area contributed by atoms with Crippen LogP contribution in [0.25, 0.3) is 11.0 Å². The molecule has 18 heavy (non-hydrogen) atoms. The summed E-state index contributed by atoms with van der Waals surface area (Å²) in [6.07, 6.45) is 0. The van der Waals surface area contributed by atoms with Crippen LogP contribution in [0.4, 0.5) is 0 Å². The lowest BCUT2D eigenvalue weighted by molar-refractivity contribution is 0.431. The second kappa shape index (κ2) is 4.30. The van der Waals surface area contributed by atoms with Crippen molar-refractivity contribution in [2.75, 3.05) is 0 Å². The van der Waals surface area contributed by atoms with Crippen molar-refractivity contribution in [3.63, 3.8) is 0 Å². The van der Waals surface area contributed by atoms with Crippen LogP contribution in [0.15, 0.2) is 49.7 Å². The van der Waals surface area contributed by atoms with E-state index in [0.29, 0.717) is 11.5 Å². The minimum Gasteiger partial charge on any atom is -0.464 e. The lowest BCUT2D eigenvalue weighted by atomic mass is 10.1. The largest absolute Gasteiger partial charge is 0.464 e. The Hall–Kier alpha value is -1.52. The van der Waals surface area contributed by atoms with Gasteiger partial charge in [-0.3, -0.25) is 0 Å². The van der Waals surface area contributed by atoms with Crippen LogP contribution < -0.4 is 5.73 Å². The molecular formula is C14H12BrNO2. The third-order valence-corrected chi connectivity index (χ3v) is 3.51. The molecule has 3 aromatic rings. The highest BCUT2D eigenvalue weighted by Gasteiger charge is 2.18. The molecule has 2 N–H and O–H groups in total. The first-order valence-electron chi connectivity index (χ1n) is 5.65. The van der Waals surface area contributed by atoms with Crippen LogP contribution in [-0.4, -0.2) is 0 Å². The average Bonchev–Trinajstić information content (AvgIpc) is 2.95. The molecule has 1 atom stereocenters. The highest BCUT2D eigenvalue weighted by molar-refractivity contribution is 9.10. The third-order valence-electron chi connectivity index (χ3n) is 2.89. The SMILES string of the molecule is Cc1ccc(C(N)c2cc3cccc(Br)c3o2)o1. The minimum atomic E-state index is -0.377. The van der Waals surface area contributed by atoms with Gasteiger partial charge in [-0.25, -0.2) is 0 Å². The molecule has 0 saturated heterocycles. The van der Waals surface area contributed by atoms with E-state index in [4.69, 9.17) is 14.6 Å². The van der Waals surface area contributed by atoms with Crippen molar-refractivity contribution in [2.45, 2.75) is 13.0 Å². The Labute approximate surface area is 113 Å². The Bertz CT molecular complexity index is 699. The average molecular weight is 306 g/mol. The Morgan fingerprint density at radius 2 is 1.94 bits per heavy atom. The van der Waals surface area contributed by atoms with Gasteiger partial charge < -0.3 is 14.6 Å². The highest BCUT2D eigenvalue weighted by Crippen LogP contribution is 2.31. The molecule has 0 aliphatic heterocycles. The fourth-order valence-corrected chi connectivity index (χ4v) is 2.42. The third kappa shape index (κ3) is 1.87. The van der Waals surface area contributed by atoms with E-state index in [-0.39, 0.29) is 6.04 Å². The Balaban J connectivity index is 2.06. The molecule has 92 valence electrons. The number of fused-ring (bicyclic) bond motifs is 1. The van der Waals surface area contributed by atoms with Gasteiger partial charge in [-0.2, -0.15) is 0 Å². The lowest BCUT2D eigenvalue weighted by Gasteiger charge is -2.04. The van der Waals surface area contributed by atoms with Crippen LogP contribution in [0.1, 0.15) is 23.3 Å². The number of para-hydroxylation sites is 1. The molecule has 0 bridgehead atoms. The highest BCUT2D eigenvalue weighted by atomic mass is 79.9. The summed E-state index contributed by atoms with van der Waals surface area (Å²) >= 11 is 3.46. The normalized spacial score (nSPS) is 13.1. The Morgan fingerprint density at radius 3 is 2.61 bits per heavy atom. The summed E-state index contributed by atoms with van der Waals surface area (Å²) in [6.45, 7) is 1.89. The molecule has 1 unspecified atom stereocenters. The smallest absolute Gasteiger partial charge is 0.148 e. The Morgan fingerprint density at radius 1 is 1.11 bits per heavy atom. The van der Waals surface area contributed by atoms with Crippen molar-refractivity contribution in [2.24, 2.45) is 5.73 Å². The minimum absolute atomic E-state index is 0.377. The molecule has 0 radical (unpaired) electrons. The number of aryl methyl sites for hydroxylation is 1. The van der Waals surface area contributed by atoms with Gasteiger partial charge in [-0.15, -0.1) is 0 Å². The summed E-state index contributed by atoms with van der Waals surface area (Å²) in [7, 11) is 0. The molecule has 0 saturated carbocycles. The number of rotatable bonds is 2. The van der Waals surface area contributed by atoms with Crippen LogP contribution in [0.2, 0.25) is 0 Å². The second-order valence-electron chi connectivity index (χ2n) is 4.23. The lowest BCUT2D eigenvalue weighted by Crippen LogP contribution is -2.09.